The summed E-state index contributed by atoms with van der Waals surface area (Å²) in [5, 5.41) is 16.6. The molecule has 0 spiro atoms. The summed E-state index contributed by atoms with van der Waals surface area (Å²) in [4.78, 5) is 10.5. The molecule has 0 saturated carbocycles. The molecule has 8 heteroatoms. The summed E-state index contributed by atoms with van der Waals surface area (Å²) >= 11 is 1.72. The maximum Gasteiger partial charge on any atom is 0.191 e. The second-order valence-electron chi connectivity index (χ2n) is 6.97. The Labute approximate surface area is 165 Å². The van der Waals surface area contributed by atoms with Gasteiger partial charge in [0.2, 0.25) is 0 Å². The van der Waals surface area contributed by atoms with Gasteiger partial charge in [0.05, 0.1) is 12.2 Å². The van der Waals surface area contributed by atoms with Crippen molar-refractivity contribution in [1.82, 2.24) is 30.4 Å². The summed E-state index contributed by atoms with van der Waals surface area (Å²) < 4.78 is 2.33. The van der Waals surface area contributed by atoms with Crippen molar-refractivity contribution < 1.29 is 0 Å². The Bertz CT molecular complexity index is 743. The maximum atomic E-state index is 4.66. The highest BCUT2D eigenvalue weighted by Gasteiger charge is 2.14. The van der Waals surface area contributed by atoms with Gasteiger partial charge in [-0.15, -0.1) is 21.5 Å². The first-order valence-electron chi connectivity index (χ1n) is 10.0. The third kappa shape index (κ3) is 5.51. The standard InChI is InChI=1S/C19H31N7S/c1-4-20-19(22-13-18-23-14(2)15(3)27-18)21-11-8-10-17-25-24-16-9-6-5-7-12-26(16)17/h4-13H2,1-3H3,(H2,20,21,22). The fourth-order valence-corrected chi connectivity index (χ4v) is 4.14. The summed E-state index contributed by atoms with van der Waals surface area (Å²) in [6, 6.07) is 0. The molecule has 2 aromatic rings. The van der Waals surface area contributed by atoms with Gasteiger partial charge in [-0.2, -0.15) is 0 Å². The molecule has 7 nitrogen and oxygen atoms in total. The molecule has 0 aliphatic carbocycles. The molecule has 27 heavy (non-hydrogen) atoms. The molecule has 1 aliphatic heterocycles. The minimum Gasteiger partial charge on any atom is -0.357 e. The summed E-state index contributed by atoms with van der Waals surface area (Å²) in [6.45, 7) is 9.64. The van der Waals surface area contributed by atoms with Crippen LogP contribution in [0.25, 0.3) is 0 Å². The number of nitrogens with zero attached hydrogens (tertiary/aromatic N) is 5. The van der Waals surface area contributed by atoms with Gasteiger partial charge in [-0.05, 0) is 40.0 Å². The fraction of sp³-hybridized carbons (Fsp3) is 0.684. The van der Waals surface area contributed by atoms with Crippen LogP contribution in [0.4, 0.5) is 0 Å². The van der Waals surface area contributed by atoms with Crippen LogP contribution >= 0.6 is 11.3 Å². The Kier molecular flexibility index (Phi) is 7.20. The van der Waals surface area contributed by atoms with Crippen molar-refractivity contribution in [1.29, 1.82) is 0 Å². The summed E-state index contributed by atoms with van der Waals surface area (Å²) in [7, 11) is 0. The Morgan fingerprint density at radius 1 is 1.19 bits per heavy atom. The third-order valence-electron chi connectivity index (χ3n) is 4.85. The van der Waals surface area contributed by atoms with Gasteiger partial charge in [0.25, 0.3) is 0 Å². The average molecular weight is 390 g/mol. The lowest BCUT2D eigenvalue weighted by molar-refractivity contribution is 0.594. The highest BCUT2D eigenvalue weighted by Crippen LogP contribution is 2.17. The van der Waals surface area contributed by atoms with Crippen molar-refractivity contribution in [3.8, 4) is 0 Å². The van der Waals surface area contributed by atoms with Gasteiger partial charge in [0, 0.05) is 37.4 Å². The van der Waals surface area contributed by atoms with Crippen molar-refractivity contribution in [2.45, 2.75) is 72.4 Å². The van der Waals surface area contributed by atoms with E-state index in [0.29, 0.717) is 6.54 Å². The van der Waals surface area contributed by atoms with Gasteiger partial charge in [-0.3, -0.25) is 0 Å². The van der Waals surface area contributed by atoms with Crippen LogP contribution in [0.5, 0.6) is 0 Å². The molecule has 0 saturated heterocycles. The molecule has 3 rings (SSSR count). The van der Waals surface area contributed by atoms with E-state index in [2.05, 4.69) is 49.2 Å². The van der Waals surface area contributed by atoms with E-state index in [1.165, 1.54) is 30.0 Å². The topological polar surface area (TPSA) is 80.0 Å². The first-order chi connectivity index (χ1) is 13.2. The smallest absolute Gasteiger partial charge is 0.191 e. The molecule has 2 aromatic heterocycles. The SMILES string of the molecule is CCNC(=NCc1nc(C)c(C)s1)NCCCc1nnc2n1CCCCC2. The molecule has 3 heterocycles. The number of nitrogens with one attached hydrogen (secondary N) is 2. The van der Waals surface area contributed by atoms with E-state index in [1.54, 1.807) is 11.3 Å². The lowest BCUT2D eigenvalue weighted by Gasteiger charge is -2.11. The number of thiazole rings is 1. The molecule has 1 aliphatic rings. The van der Waals surface area contributed by atoms with E-state index in [-0.39, 0.29) is 0 Å². The summed E-state index contributed by atoms with van der Waals surface area (Å²) in [5.41, 5.74) is 1.11. The minimum absolute atomic E-state index is 0.617. The van der Waals surface area contributed by atoms with Gasteiger partial charge < -0.3 is 15.2 Å². The second-order valence-corrected chi connectivity index (χ2v) is 8.26. The van der Waals surface area contributed by atoms with Crippen molar-refractivity contribution in [2.24, 2.45) is 4.99 Å². The molecule has 0 bridgehead atoms. The zero-order chi connectivity index (χ0) is 19.1. The van der Waals surface area contributed by atoms with Crippen LogP contribution in [0, 0.1) is 13.8 Å². The summed E-state index contributed by atoms with van der Waals surface area (Å²) in [6.07, 6.45) is 6.80. The number of aromatic nitrogens is 4. The minimum atomic E-state index is 0.617. The van der Waals surface area contributed by atoms with E-state index in [4.69, 9.17) is 0 Å². The second kappa shape index (κ2) is 9.82. The van der Waals surface area contributed by atoms with E-state index in [9.17, 15) is 0 Å². The molecule has 0 aromatic carbocycles. The van der Waals surface area contributed by atoms with Crippen molar-refractivity contribution >= 4 is 17.3 Å². The van der Waals surface area contributed by atoms with E-state index in [0.717, 1.165) is 61.4 Å². The van der Waals surface area contributed by atoms with Gasteiger partial charge in [0.15, 0.2) is 5.96 Å². The predicted molar refractivity (Wildman–Crippen MR) is 110 cm³/mol. The van der Waals surface area contributed by atoms with Crippen LogP contribution in [-0.2, 0) is 25.9 Å². The lowest BCUT2D eigenvalue weighted by Crippen LogP contribution is -2.37. The zero-order valence-corrected chi connectivity index (χ0v) is 17.5. The number of rotatable bonds is 7. The van der Waals surface area contributed by atoms with Crippen molar-refractivity contribution in [2.75, 3.05) is 13.1 Å². The van der Waals surface area contributed by atoms with Crippen LogP contribution in [0.3, 0.4) is 0 Å². The highest BCUT2D eigenvalue weighted by atomic mass is 32.1. The highest BCUT2D eigenvalue weighted by molar-refractivity contribution is 7.11. The number of guanidine groups is 1. The number of aliphatic imine (C=N–C) groups is 1. The Hall–Kier alpha value is -1.96. The maximum absolute atomic E-state index is 4.66. The van der Waals surface area contributed by atoms with Crippen LogP contribution in [0.1, 0.15) is 59.8 Å². The first-order valence-corrected chi connectivity index (χ1v) is 10.8. The number of hydrogen-bond acceptors (Lipinski definition) is 5. The molecule has 0 fully saturated rings. The van der Waals surface area contributed by atoms with Crippen molar-refractivity contribution in [3.05, 3.63) is 27.2 Å². The predicted octanol–water partition coefficient (Wildman–Crippen LogP) is 2.77. The van der Waals surface area contributed by atoms with E-state index in [1.807, 2.05) is 6.92 Å². The molecule has 0 unspecified atom stereocenters. The Morgan fingerprint density at radius 2 is 2.07 bits per heavy atom. The van der Waals surface area contributed by atoms with Gasteiger partial charge in [-0.1, -0.05) is 6.42 Å². The molecular weight excluding hydrogens is 358 g/mol. The largest absolute Gasteiger partial charge is 0.357 e. The van der Waals surface area contributed by atoms with Gasteiger partial charge in [-0.25, -0.2) is 9.98 Å². The van der Waals surface area contributed by atoms with Crippen molar-refractivity contribution in [3.63, 3.8) is 0 Å². The Balaban J connectivity index is 1.48. The number of fused-ring (bicyclic) bond motifs is 1. The van der Waals surface area contributed by atoms with Gasteiger partial charge in [0.1, 0.15) is 16.7 Å². The molecular formula is C19H31N7S. The number of aryl methyl sites for hydroxylation is 4. The zero-order valence-electron chi connectivity index (χ0n) is 16.7. The molecule has 0 atom stereocenters. The molecule has 2 N–H and O–H groups in total. The average Bonchev–Trinajstić information content (AvgIpc) is 3.09. The van der Waals surface area contributed by atoms with Crippen LogP contribution in [0.2, 0.25) is 0 Å². The summed E-state index contributed by atoms with van der Waals surface area (Å²) in [5.74, 6) is 3.15. The molecule has 0 amide bonds. The molecule has 148 valence electrons. The monoisotopic (exact) mass is 389 g/mol. The van der Waals surface area contributed by atoms with Gasteiger partial charge >= 0.3 is 0 Å². The lowest BCUT2D eigenvalue weighted by atomic mass is 10.2. The van der Waals surface area contributed by atoms with Crippen LogP contribution < -0.4 is 10.6 Å². The quantitative estimate of drug-likeness (QED) is 0.432. The molecule has 0 radical (unpaired) electrons. The fourth-order valence-electron chi connectivity index (χ4n) is 3.28. The number of hydrogen-bond donors (Lipinski definition) is 2. The Morgan fingerprint density at radius 3 is 2.85 bits per heavy atom. The third-order valence-corrected chi connectivity index (χ3v) is 5.90. The van der Waals surface area contributed by atoms with Crippen LogP contribution in [0.15, 0.2) is 4.99 Å². The van der Waals surface area contributed by atoms with Crippen LogP contribution in [-0.4, -0.2) is 38.8 Å². The van der Waals surface area contributed by atoms with E-state index < -0.39 is 0 Å². The van der Waals surface area contributed by atoms with E-state index >= 15 is 0 Å². The first kappa shape index (κ1) is 19.8. The normalized spacial score (nSPS) is 14.7.